The number of hydrogen-bond acceptors (Lipinski definition) is 10. The number of piperidine rings is 2. The highest BCUT2D eigenvalue weighted by atomic mass is 32.2. The van der Waals surface area contributed by atoms with Gasteiger partial charge >= 0.3 is 6.18 Å². The Hall–Kier alpha value is -1.77. The summed E-state index contributed by atoms with van der Waals surface area (Å²) in [4.78, 5) is 4.25. The molecule has 3 N–H and O–H groups in total. The number of nitrogens with one attached hydrogen (secondary N) is 1. The number of benzene rings is 1. The van der Waals surface area contributed by atoms with Gasteiger partial charge in [-0.15, -0.1) is 11.8 Å². The van der Waals surface area contributed by atoms with Crippen LogP contribution >= 0.6 is 11.8 Å². The average Bonchev–Trinajstić information content (AvgIpc) is 3.35. The normalized spacial score (nSPS) is 20.6. The fraction of sp³-hybridized carbons (Fsp3) is 0.700. The minimum atomic E-state index is -4.57. The van der Waals surface area contributed by atoms with E-state index in [1.165, 1.54) is 16.4 Å². The summed E-state index contributed by atoms with van der Waals surface area (Å²) in [6.07, 6.45) is -0.665. The Balaban J connectivity index is 1.36. The highest BCUT2D eigenvalue weighted by Crippen LogP contribution is 2.40. The van der Waals surface area contributed by atoms with E-state index in [4.69, 9.17) is 5.10 Å². The molecule has 3 aliphatic rings. The number of aliphatic hydroxyl groups excluding tert-OH is 2. The molecular formula is C30H45F3N6O6S3. The van der Waals surface area contributed by atoms with Crippen molar-refractivity contribution < 1.29 is 40.2 Å². The second-order valence-corrected chi connectivity index (χ2v) is 18.0. The number of aromatic nitrogens is 2. The first-order valence-electron chi connectivity index (χ1n) is 16.1. The van der Waals surface area contributed by atoms with Crippen molar-refractivity contribution in [2.24, 2.45) is 0 Å². The molecule has 5 rings (SSSR count). The topological polar surface area (TPSA) is 148 Å². The summed E-state index contributed by atoms with van der Waals surface area (Å²) in [6, 6.07) is 3.74. The van der Waals surface area contributed by atoms with Crippen LogP contribution in [0.3, 0.4) is 0 Å². The molecule has 270 valence electrons. The van der Waals surface area contributed by atoms with Crippen LogP contribution in [0.1, 0.15) is 42.5 Å². The number of fused-ring (bicyclic) bond motifs is 1. The summed E-state index contributed by atoms with van der Waals surface area (Å²) < 4.78 is 96.0. The van der Waals surface area contributed by atoms with E-state index in [0.29, 0.717) is 93.9 Å². The second kappa shape index (κ2) is 15.2. The maximum atomic E-state index is 14.1. The Morgan fingerprint density at radius 1 is 1.00 bits per heavy atom. The van der Waals surface area contributed by atoms with Crippen LogP contribution in [-0.4, -0.2) is 133 Å². The van der Waals surface area contributed by atoms with Crippen LogP contribution in [0.5, 0.6) is 0 Å². The number of aliphatic hydroxyl groups is 2. The third-order valence-electron chi connectivity index (χ3n) is 9.17. The molecule has 1 unspecified atom stereocenters. The molecule has 0 saturated carbocycles. The zero-order chi connectivity index (χ0) is 34.9. The van der Waals surface area contributed by atoms with Gasteiger partial charge in [0.15, 0.2) is 0 Å². The second-order valence-electron chi connectivity index (χ2n) is 13.1. The molecule has 0 spiro atoms. The summed E-state index contributed by atoms with van der Waals surface area (Å²) in [7, 11) is -6.86. The minimum Gasteiger partial charge on any atom is -0.393 e. The van der Waals surface area contributed by atoms with E-state index < -0.39 is 37.9 Å². The third-order valence-corrected chi connectivity index (χ3v) is 12.2. The van der Waals surface area contributed by atoms with Crippen molar-refractivity contribution in [3.8, 4) is 11.3 Å². The number of rotatable bonds is 12. The molecule has 0 amide bonds. The fourth-order valence-electron chi connectivity index (χ4n) is 6.67. The smallest absolute Gasteiger partial charge is 0.393 e. The summed E-state index contributed by atoms with van der Waals surface area (Å²) in [5, 5.41) is 25.6. The average molecular weight is 739 g/mol. The quantitative estimate of drug-likeness (QED) is 0.276. The van der Waals surface area contributed by atoms with Crippen LogP contribution in [0.4, 0.5) is 13.2 Å². The van der Waals surface area contributed by atoms with Crippen LogP contribution in [0, 0.1) is 0 Å². The number of thioether (sulfide) groups is 1. The molecule has 2 fully saturated rings. The molecule has 0 bridgehead atoms. The number of sulfonamides is 2. The first kappa shape index (κ1) is 37.5. The molecule has 0 radical (unpaired) electrons. The third kappa shape index (κ3) is 9.93. The van der Waals surface area contributed by atoms with Gasteiger partial charge in [0.2, 0.25) is 20.0 Å². The van der Waals surface area contributed by atoms with Gasteiger partial charge in [-0.05, 0) is 50.9 Å². The van der Waals surface area contributed by atoms with Crippen LogP contribution in [0.25, 0.3) is 11.3 Å². The molecule has 2 saturated heterocycles. The highest BCUT2D eigenvalue weighted by molar-refractivity contribution is 7.99. The van der Waals surface area contributed by atoms with Crippen LogP contribution in [-0.2, 0) is 45.7 Å². The predicted molar refractivity (Wildman–Crippen MR) is 177 cm³/mol. The first-order chi connectivity index (χ1) is 22.5. The van der Waals surface area contributed by atoms with Gasteiger partial charge in [0.05, 0.1) is 42.5 Å². The van der Waals surface area contributed by atoms with Gasteiger partial charge < -0.3 is 20.0 Å². The van der Waals surface area contributed by atoms with Gasteiger partial charge in [-0.1, -0.05) is 6.07 Å². The standard InChI is InChI=1S/C30H45F3N6O6S3/c1-47(42,43)35-22-5-10-37(11-6-22)18-24(41)19-39-27-9-14-38(48(2,44)45)20-25(27)29(34-39)21-3-4-26(30(31,32)33)28(17-21)46-16-15-36-12-7-23(40)8-13-36/h3-4,17,22-24,35,40-41H,5-16,18-20H2,1-2H3. The summed E-state index contributed by atoms with van der Waals surface area (Å²) in [6.45, 7) is 3.83. The van der Waals surface area contributed by atoms with Crippen LogP contribution in [0.15, 0.2) is 23.1 Å². The molecule has 48 heavy (non-hydrogen) atoms. The van der Waals surface area contributed by atoms with Gasteiger partial charge in [-0.3, -0.25) is 4.68 Å². The molecule has 1 aromatic heterocycles. The van der Waals surface area contributed by atoms with E-state index in [9.17, 15) is 40.2 Å². The molecule has 3 aliphatic heterocycles. The van der Waals surface area contributed by atoms with Gasteiger partial charge in [0.25, 0.3) is 0 Å². The lowest BCUT2D eigenvalue weighted by Gasteiger charge is -2.33. The molecule has 2 aromatic rings. The van der Waals surface area contributed by atoms with Crippen molar-refractivity contribution in [1.29, 1.82) is 0 Å². The number of likely N-dealkylation sites (tertiary alicyclic amines) is 2. The summed E-state index contributed by atoms with van der Waals surface area (Å²) >= 11 is 1.11. The molecule has 1 aromatic carbocycles. The lowest BCUT2D eigenvalue weighted by atomic mass is 10.0. The van der Waals surface area contributed by atoms with E-state index in [-0.39, 0.29) is 36.7 Å². The van der Waals surface area contributed by atoms with E-state index in [2.05, 4.69) is 14.5 Å². The first-order valence-corrected chi connectivity index (χ1v) is 20.8. The molecule has 0 aliphatic carbocycles. The predicted octanol–water partition coefficient (Wildman–Crippen LogP) is 1.81. The Kier molecular flexibility index (Phi) is 11.9. The van der Waals surface area contributed by atoms with Gasteiger partial charge in [-0.2, -0.15) is 22.6 Å². The molecule has 4 heterocycles. The van der Waals surface area contributed by atoms with E-state index in [1.54, 1.807) is 4.68 Å². The molecular weight excluding hydrogens is 694 g/mol. The Morgan fingerprint density at radius 2 is 1.67 bits per heavy atom. The number of β-amino-alcohol motifs (C(OH)–C–C–N with tert-alkyl or cyclic N) is 1. The maximum Gasteiger partial charge on any atom is 0.417 e. The Morgan fingerprint density at radius 3 is 2.29 bits per heavy atom. The fourth-order valence-corrected chi connectivity index (χ4v) is 9.42. The van der Waals surface area contributed by atoms with Crippen LogP contribution < -0.4 is 4.72 Å². The monoisotopic (exact) mass is 738 g/mol. The van der Waals surface area contributed by atoms with Gasteiger partial charge in [0.1, 0.15) is 0 Å². The number of halogens is 3. The number of hydrogen-bond donors (Lipinski definition) is 3. The number of nitrogens with zero attached hydrogens (tertiary/aromatic N) is 5. The largest absolute Gasteiger partial charge is 0.417 e. The lowest BCUT2D eigenvalue weighted by Crippen LogP contribution is -2.46. The van der Waals surface area contributed by atoms with Crippen molar-refractivity contribution >= 4 is 31.8 Å². The van der Waals surface area contributed by atoms with Crippen molar-refractivity contribution in [2.75, 3.05) is 64.1 Å². The van der Waals surface area contributed by atoms with Crippen LogP contribution in [0.2, 0.25) is 0 Å². The molecule has 12 nitrogen and oxygen atoms in total. The zero-order valence-electron chi connectivity index (χ0n) is 27.2. The Labute approximate surface area is 284 Å². The van der Waals surface area contributed by atoms with Crippen molar-refractivity contribution in [2.45, 2.75) is 74.5 Å². The Bertz CT molecular complexity index is 1640. The van der Waals surface area contributed by atoms with Gasteiger partial charge in [0, 0.05) is 79.2 Å². The summed E-state index contributed by atoms with van der Waals surface area (Å²) in [5.74, 6) is 0.421. The van der Waals surface area contributed by atoms with Crippen molar-refractivity contribution in [3.63, 3.8) is 0 Å². The van der Waals surface area contributed by atoms with E-state index >= 15 is 0 Å². The van der Waals surface area contributed by atoms with E-state index in [0.717, 1.165) is 36.0 Å². The van der Waals surface area contributed by atoms with Crippen molar-refractivity contribution in [1.82, 2.24) is 28.6 Å². The lowest BCUT2D eigenvalue weighted by molar-refractivity contribution is -0.139. The zero-order valence-corrected chi connectivity index (χ0v) is 29.6. The van der Waals surface area contributed by atoms with E-state index in [1.807, 2.05) is 0 Å². The highest BCUT2D eigenvalue weighted by Gasteiger charge is 2.35. The summed E-state index contributed by atoms with van der Waals surface area (Å²) in [5.41, 5.74) is 1.42. The maximum absolute atomic E-state index is 14.1. The van der Waals surface area contributed by atoms with Gasteiger partial charge in [-0.25, -0.2) is 21.6 Å². The van der Waals surface area contributed by atoms with Crippen molar-refractivity contribution in [3.05, 3.63) is 35.0 Å². The number of alkyl halides is 3. The molecule has 18 heteroatoms. The SMILES string of the molecule is CS(=O)(=O)NC1CCN(CC(O)Cn2nc(-c3ccc(C(F)(F)F)c(SCCN4CCC(O)CC4)c3)c3c2CCN(S(C)(=O)=O)C3)CC1. The minimum absolute atomic E-state index is 0.0186. The molecule has 1 atom stereocenters.